The van der Waals surface area contributed by atoms with E-state index in [1.807, 2.05) is 38.1 Å². The maximum atomic E-state index is 13.2. The number of fused-ring (bicyclic) bond motifs is 1. The lowest BCUT2D eigenvalue weighted by Crippen LogP contribution is -2.78. The number of benzene rings is 2. The van der Waals surface area contributed by atoms with Crippen molar-refractivity contribution in [3.8, 4) is 11.5 Å². The number of nitrogens with one attached hydrogen (secondary N) is 1. The molecule has 2 heterocycles. The lowest BCUT2D eigenvalue weighted by atomic mass is 9.85. The summed E-state index contributed by atoms with van der Waals surface area (Å²) < 4.78 is 11.5. The number of ether oxygens (including phenoxy) is 2. The highest BCUT2D eigenvalue weighted by molar-refractivity contribution is 5.97. The van der Waals surface area contributed by atoms with Gasteiger partial charge < -0.3 is 19.7 Å². The summed E-state index contributed by atoms with van der Waals surface area (Å²) in [6.45, 7) is 6.87. The summed E-state index contributed by atoms with van der Waals surface area (Å²) in [6, 6.07) is 13.3. The standard InChI is InChI=1S/C26H33N3O3/c1-16-5-9-20(29-14-22-23(29)13-28(22)3)12-21(16)26(30)27-17(2)19-8-10-24(25(11-19)31-4)32-15-18-6-7-18/h5,8-12,17-18,22-23H,6-7,13-15H2,1-4H3,(H,27,30)/t17-,22?,23?/m1/s1. The number of aryl methyl sites for hydroxylation is 1. The molecular formula is C26H33N3O3. The number of hydrogen-bond acceptors (Lipinski definition) is 5. The van der Waals surface area contributed by atoms with Gasteiger partial charge in [-0.2, -0.15) is 0 Å². The number of rotatable bonds is 8. The molecule has 1 aliphatic carbocycles. The zero-order valence-corrected chi connectivity index (χ0v) is 19.4. The Labute approximate surface area is 190 Å². The van der Waals surface area contributed by atoms with Crippen molar-refractivity contribution in [3.63, 3.8) is 0 Å². The van der Waals surface area contributed by atoms with E-state index in [2.05, 4.69) is 34.3 Å². The highest BCUT2D eigenvalue weighted by atomic mass is 16.5. The number of nitrogens with zero attached hydrogens (tertiary/aromatic N) is 2. The molecule has 5 rings (SSSR count). The number of carbonyl (C=O) groups excluding carboxylic acids is 1. The Bertz CT molecular complexity index is 1020. The molecule has 3 aliphatic rings. The molecule has 32 heavy (non-hydrogen) atoms. The molecule has 6 nitrogen and oxygen atoms in total. The van der Waals surface area contributed by atoms with Crippen LogP contribution in [0.15, 0.2) is 36.4 Å². The Morgan fingerprint density at radius 2 is 1.94 bits per heavy atom. The van der Waals surface area contributed by atoms with Gasteiger partial charge in [0.1, 0.15) is 0 Å². The van der Waals surface area contributed by atoms with E-state index in [9.17, 15) is 4.79 Å². The third-order valence-electron chi connectivity index (χ3n) is 7.27. The van der Waals surface area contributed by atoms with Crippen LogP contribution in [0.1, 0.15) is 47.3 Å². The molecule has 1 amide bonds. The summed E-state index contributed by atoms with van der Waals surface area (Å²) >= 11 is 0. The van der Waals surface area contributed by atoms with Crippen LogP contribution in [0, 0.1) is 12.8 Å². The van der Waals surface area contributed by atoms with E-state index in [1.165, 1.54) is 12.8 Å². The number of anilines is 1. The molecule has 170 valence electrons. The average molecular weight is 436 g/mol. The van der Waals surface area contributed by atoms with E-state index in [1.54, 1.807) is 7.11 Å². The minimum Gasteiger partial charge on any atom is -0.493 e. The molecule has 3 atom stereocenters. The molecule has 3 fully saturated rings. The van der Waals surface area contributed by atoms with Crippen LogP contribution >= 0.6 is 0 Å². The number of likely N-dealkylation sites (N-methyl/N-ethyl adjacent to an activating group) is 1. The summed E-state index contributed by atoms with van der Waals surface area (Å²) in [6.07, 6.45) is 2.50. The second kappa shape index (κ2) is 8.32. The first kappa shape index (κ1) is 21.1. The normalized spacial score (nSPS) is 22.9. The van der Waals surface area contributed by atoms with Gasteiger partial charge >= 0.3 is 0 Å². The van der Waals surface area contributed by atoms with Crippen LogP contribution in [0.4, 0.5) is 5.69 Å². The first-order chi connectivity index (χ1) is 15.4. The van der Waals surface area contributed by atoms with Gasteiger partial charge in [0.05, 0.1) is 25.8 Å². The summed E-state index contributed by atoms with van der Waals surface area (Å²) in [5.74, 6) is 2.11. The van der Waals surface area contributed by atoms with Gasteiger partial charge in [-0.15, -0.1) is 0 Å². The van der Waals surface area contributed by atoms with Crippen LogP contribution in [0.5, 0.6) is 11.5 Å². The molecule has 6 heteroatoms. The number of amides is 1. The number of methoxy groups -OCH3 is 1. The molecule has 1 saturated carbocycles. The highest BCUT2D eigenvalue weighted by Crippen LogP contribution is 2.37. The van der Waals surface area contributed by atoms with Crippen molar-refractivity contribution >= 4 is 11.6 Å². The van der Waals surface area contributed by atoms with Crippen molar-refractivity contribution in [2.75, 3.05) is 38.8 Å². The van der Waals surface area contributed by atoms with Gasteiger partial charge in [-0.05, 0) is 75.0 Å². The summed E-state index contributed by atoms with van der Waals surface area (Å²) in [7, 11) is 3.83. The molecular weight excluding hydrogens is 402 g/mol. The van der Waals surface area contributed by atoms with Gasteiger partial charge in [0.25, 0.3) is 5.91 Å². The van der Waals surface area contributed by atoms with Gasteiger partial charge in [-0.1, -0.05) is 12.1 Å². The van der Waals surface area contributed by atoms with Crippen LogP contribution in [-0.4, -0.2) is 56.7 Å². The first-order valence-corrected chi connectivity index (χ1v) is 11.6. The summed E-state index contributed by atoms with van der Waals surface area (Å²) in [5, 5.41) is 3.17. The van der Waals surface area contributed by atoms with Crippen molar-refractivity contribution in [3.05, 3.63) is 53.1 Å². The third-order valence-corrected chi connectivity index (χ3v) is 7.27. The summed E-state index contributed by atoms with van der Waals surface area (Å²) in [4.78, 5) is 18.0. The fourth-order valence-electron chi connectivity index (χ4n) is 4.73. The van der Waals surface area contributed by atoms with Crippen molar-refractivity contribution in [2.45, 2.75) is 44.8 Å². The topological polar surface area (TPSA) is 54.0 Å². The van der Waals surface area contributed by atoms with Gasteiger partial charge in [0.2, 0.25) is 0 Å². The smallest absolute Gasteiger partial charge is 0.252 e. The predicted molar refractivity (Wildman–Crippen MR) is 126 cm³/mol. The van der Waals surface area contributed by atoms with Crippen molar-refractivity contribution in [1.29, 1.82) is 0 Å². The average Bonchev–Trinajstić information content (AvgIpc) is 3.61. The maximum absolute atomic E-state index is 13.2. The zero-order chi connectivity index (χ0) is 22.4. The largest absolute Gasteiger partial charge is 0.493 e. The van der Waals surface area contributed by atoms with Crippen molar-refractivity contribution in [1.82, 2.24) is 10.2 Å². The molecule has 2 aromatic rings. The second-order valence-corrected chi connectivity index (χ2v) is 9.59. The van der Waals surface area contributed by atoms with Gasteiger partial charge in [-0.25, -0.2) is 0 Å². The Balaban J connectivity index is 1.26. The third kappa shape index (κ3) is 3.92. The Hall–Kier alpha value is -2.73. The molecule has 2 saturated heterocycles. The lowest BCUT2D eigenvalue weighted by Gasteiger charge is -2.62. The number of hydrogen-bond donors (Lipinski definition) is 1. The van der Waals surface area contributed by atoms with Crippen molar-refractivity contribution in [2.24, 2.45) is 5.92 Å². The van der Waals surface area contributed by atoms with Crippen molar-refractivity contribution < 1.29 is 14.3 Å². The fraction of sp³-hybridized carbons (Fsp3) is 0.500. The number of piperazine rings is 1. The highest BCUT2D eigenvalue weighted by Gasteiger charge is 2.49. The van der Waals surface area contributed by atoms with Gasteiger partial charge in [-0.3, -0.25) is 9.69 Å². The molecule has 2 aromatic carbocycles. The monoisotopic (exact) mass is 435 g/mol. The molecule has 1 N–H and O–H groups in total. The second-order valence-electron chi connectivity index (χ2n) is 9.59. The molecule has 2 aliphatic heterocycles. The Morgan fingerprint density at radius 3 is 2.59 bits per heavy atom. The van der Waals surface area contributed by atoms with E-state index in [0.717, 1.165) is 47.8 Å². The predicted octanol–water partition coefficient (Wildman–Crippen LogP) is 3.79. The van der Waals surface area contributed by atoms with E-state index in [-0.39, 0.29) is 11.9 Å². The fourth-order valence-corrected chi connectivity index (χ4v) is 4.73. The summed E-state index contributed by atoms with van der Waals surface area (Å²) in [5.41, 5.74) is 3.86. The number of carbonyl (C=O) groups is 1. The van der Waals surface area contributed by atoms with E-state index in [0.29, 0.717) is 23.8 Å². The lowest BCUT2D eigenvalue weighted by molar-refractivity contribution is 0.0368. The Morgan fingerprint density at radius 1 is 1.12 bits per heavy atom. The van der Waals surface area contributed by atoms with E-state index >= 15 is 0 Å². The van der Waals surface area contributed by atoms with Crippen LogP contribution < -0.4 is 19.7 Å². The van der Waals surface area contributed by atoms with E-state index in [4.69, 9.17) is 9.47 Å². The van der Waals surface area contributed by atoms with Crippen LogP contribution in [-0.2, 0) is 0 Å². The quantitative estimate of drug-likeness (QED) is 0.684. The van der Waals surface area contributed by atoms with Crippen LogP contribution in [0.2, 0.25) is 0 Å². The molecule has 0 spiro atoms. The zero-order valence-electron chi connectivity index (χ0n) is 19.4. The van der Waals surface area contributed by atoms with E-state index < -0.39 is 0 Å². The minimum atomic E-state index is -0.148. The minimum absolute atomic E-state index is 0.0484. The molecule has 0 radical (unpaired) electrons. The van der Waals surface area contributed by atoms with Gasteiger partial charge in [0, 0.05) is 30.4 Å². The molecule has 2 unspecified atom stereocenters. The first-order valence-electron chi connectivity index (χ1n) is 11.6. The SMILES string of the molecule is COc1cc([C@@H](C)NC(=O)c2cc(N3CC4C3CN4C)ccc2C)ccc1OCC1CC1. The Kier molecular flexibility index (Phi) is 5.49. The molecule has 0 aromatic heterocycles. The maximum Gasteiger partial charge on any atom is 0.252 e. The van der Waals surface area contributed by atoms with Gasteiger partial charge in [0.15, 0.2) is 11.5 Å². The number of likely N-dealkylation sites (tertiary alicyclic amines) is 1. The molecule has 0 bridgehead atoms. The van der Waals surface area contributed by atoms with Crippen LogP contribution in [0.3, 0.4) is 0 Å². The van der Waals surface area contributed by atoms with Crippen LogP contribution in [0.25, 0.3) is 0 Å².